The van der Waals surface area contributed by atoms with Crippen LogP contribution in [0, 0.1) is 0 Å². The first-order valence-corrected chi connectivity index (χ1v) is 17.4. The second kappa shape index (κ2) is 12.5. The quantitative estimate of drug-likeness (QED) is 0.146. The first-order valence-electron chi connectivity index (χ1n) is 17.0. The molecule has 7 rings (SSSR count). The van der Waals surface area contributed by atoms with Gasteiger partial charge in [0.15, 0.2) is 6.04 Å². The van der Waals surface area contributed by atoms with E-state index in [-0.39, 0.29) is 0 Å². The zero-order valence-corrected chi connectivity index (χ0v) is 27.9. The average Bonchev–Trinajstić information content (AvgIpc) is 3.55. The van der Waals surface area contributed by atoms with Gasteiger partial charge in [0, 0.05) is 51.3 Å². The van der Waals surface area contributed by atoms with E-state index < -0.39 is 0 Å². The standard InChI is InChI=1S/C42H44ClN2/c1-5-12-28(3)44-36(34-20-8-14-30-16-10-22-38(44)40(30)34)26-24-32-18-7-19-33(42(32)43)25-27-37-35-21-9-15-31-17-11-23-39(41(31)35)45(37)29(4)13-6-2/h8-11,14-17,20-29H,5-7,12-13,18-19H2,1-4H3/q+1. The summed E-state index contributed by atoms with van der Waals surface area (Å²) in [5.41, 5.74) is 7.74. The Morgan fingerprint density at radius 1 is 0.800 bits per heavy atom. The minimum Gasteiger partial charge on any atom is -0.338 e. The number of hydrogen-bond donors (Lipinski definition) is 0. The van der Waals surface area contributed by atoms with E-state index in [1.807, 2.05) is 0 Å². The highest BCUT2D eigenvalue weighted by molar-refractivity contribution is 6.32. The highest BCUT2D eigenvalue weighted by atomic mass is 35.5. The number of aromatic nitrogens is 1. The highest BCUT2D eigenvalue weighted by Gasteiger charge is 2.33. The van der Waals surface area contributed by atoms with Crippen LogP contribution in [-0.4, -0.2) is 20.9 Å². The van der Waals surface area contributed by atoms with Gasteiger partial charge in [0.25, 0.3) is 0 Å². The van der Waals surface area contributed by atoms with Crippen molar-refractivity contribution in [2.75, 3.05) is 0 Å². The van der Waals surface area contributed by atoms with Crippen LogP contribution in [0.4, 0.5) is 5.69 Å². The van der Waals surface area contributed by atoms with Crippen LogP contribution in [-0.2, 0) is 0 Å². The number of nitrogens with zero attached hydrogens (tertiary/aromatic N) is 2. The summed E-state index contributed by atoms with van der Waals surface area (Å²) in [5.74, 6) is 0. The van der Waals surface area contributed by atoms with Crippen molar-refractivity contribution < 1.29 is 4.58 Å². The van der Waals surface area contributed by atoms with Gasteiger partial charge in [-0.05, 0) is 86.1 Å². The summed E-state index contributed by atoms with van der Waals surface area (Å²) in [4.78, 5) is 0. The van der Waals surface area contributed by atoms with Crippen LogP contribution in [0.3, 0.4) is 0 Å². The Morgan fingerprint density at radius 2 is 1.51 bits per heavy atom. The Balaban J connectivity index is 1.32. The van der Waals surface area contributed by atoms with Crippen LogP contribution in [0.5, 0.6) is 0 Å². The maximum atomic E-state index is 7.25. The molecule has 228 valence electrons. The predicted octanol–water partition coefficient (Wildman–Crippen LogP) is 11.3. The summed E-state index contributed by atoms with van der Waals surface area (Å²) in [6.07, 6.45) is 17.0. The Labute approximate surface area is 272 Å². The molecule has 2 unspecified atom stereocenters. The van der Waals surface area contributed by atoms with Crippen LogP contribution in [0.2, 0.25) is 0 Å². The van der Waals surface area contributed by atoms with Crippen molar-refractivity contribution in [2.45, 2.75) is 84.7 Å². The molecule has 2 atom stereocenters. The van der Waals surface area contributed by atoms with Gasteiger partial charge in [-0.3, -0.25) is 0 Å². The molecule has 0 N–H and O–H groups in total. The normalized spacial score (nSPS) is 18.2. The van der Waals surface area contributed by atoms with Crippen LogP contribution < -0.4 is 5.35 Å². The fourth-order valence-electron chi connectivity index (χ4n) is 7.94. The Morgan fingerprint density at radius 3 is 2.29 bits per heavy atom. The molecule has 0 amide bonds. The Kier molecular flexibility index (Phi) is 8.27. The molecule has 0 bridgehead atoms. The van der Waals surface area contributed by atoms with E-state index in [1.54, 1.807) is 0 Å². The molecule has 4 aromatic carbocycles. The zero-order valence-electron chi connectivity index (χ0n) is 27.1. The van der Waals surface area contributed by atoms with E-state index in [4.69, 9.17) is 11.6 Å². The summed E-state index contributed by atoms with van der Waals surface area (Å²) >= 11 is 7.25. The molecule has 0 radical (unpaired) electrons. The van der Waals surface area contributed by atoms with E-state index in [0.717, 1.165) is 50.0 Å². The summed E-state index contributed by atoms with van der Waals surface area (Å²) in [6.45, 7) is 9.27. The molecular weight excluding hydrogens is 568 g/mol. The molecule has 0 spiro atoms. The largest absolute Gasteiger partial charge is 0.338 e. The van der Waals surface area contributed by atoms with E-state index >= 15 is 0 Å². The molecule has 2 nitrogen and oxygen atoms in total. The van der Waals surface area contributed by atoms with Crippen LogP contribution >= 0.6 is 11.6 Å². The van der Waals surface area contributed by atoms with Gasteiger partial charge in [0.05, 0.1) is 10.9 Å². The number of hydrogen-bond acceptors (Lipinski definition) is 0. The number of halogens is 1. The molecule has 5 aromatic rings. The number of rotatable bonds is 9. The van der Waals surface area contributed by atoms with Gasteiger partial charge in [0.1, 0.15) is 0 Å². The zero-order chi connectivity index (χ0) is 31.1. The monoisotopic (exact) mass is 611 g/mol. The predicted molar refractivity (Wildman–Crippen MR) is 195 cm³/mol. The molecule has 1 aliphatic carbocycles. The van der Waals surface area contributed by atoms with E-state index in [2.05, 4.69) is 134 Å². The van der Waals surface area contributed by atoms with Crippen molar-refractivity contribution >= 4 is 61.5 Å². The van der Waals surface area contributed by atoms with Gasteiger partial charge in [0.2, 0.25) is 11.4 Å². The topological polar surface area (TPSA) is 7.94 Å². The lowest BCUT2D eigenvalue weighted by Crippen LogP contribution is -2.22. The maximum absolute atomic E-state index is 7.25. The number of benzene rings is 4. The lowest BCUT2D eigenvalue weighted by molar-refractivity contribution is -0.476. The van der Waals surface area contributed by atoms with Gasteiger partial charge in [-0.2, -0.15) is 4.58 Å². The molecule has 0 saturated carbocycles. The molecule has 1 aromatic heterocycles. The van der Waals surface area contributed by atoms with Crippen molar-refractivity contribution in [1.29, 1.82) is 0 Å². The van der Waals surface area contributed by atoms with Gasteiger partial charge in [-0.15, -0.1) is 0 Å². The third-order valence-electron chi connectivity index (χ3n) is 9.99. The van der Waals surface area contributed by atoms with Crippen LogP contribution in [0.15, 0.2) is 107 Å². The van der Waals surface area contributed by atoms with Crippen molar-refractivity contribution in [2.24, 2.45) is 0 Å². The molecule has 2 heterocycles. The van der Waals surface area contributed by atoms with Crippen molar-refractivity contribution in [3.05, 3.63) is 118 Å². The molecule has 3 heteroatoms. The summed E-state index contributed by atoms with van der Waals surface area (Å²) in [6, 6.07) is 27.7. The first-order chi connectivity index (χ1) is 22.0. The van der Waals surface area contributed by atoms with Gasteiger partial charge in [-0.1, -0.05) is 98.6 Å². The lowest BCUT2D eigenvalue weighted by Gasteiger charge is -2.17. The highest BCUT2D eigenvalue weighted by Crippen LogP contribution is 2.38. The van der Waals surface area contributed by atoms with Crippen molar-refractivity contribution in [3.8, 4) is 0 Å². The third-order valence-corrected chi connectivity index (χ3v) is 10.5. The fraction of sp³-hybridized carbons (Fsp3) is 0.310. The second-order valence-corrected chi connectivity index (χ2v) is 13.4. The minimum absolute atomic E-state index is 0.420. The van der Waals surface area contributed by atoms with Crippen LogP contribution in [0.25, 0.3) is 38.5 Å². The average molecular weight is 612 g/mol. The summed E-state index contributed by atoms with van der Waals surface area (Å²) < 4.78 is 5.11. The van der Waals surface area contributed by atoms with E-state index in [0.29, 0.717) is 12.1 Å². The van der Waals surface area contributed by atoms with Gasteiger partial charge < -0.3 is 4.57 Å². The van der Waals surface area contributed by atoms with Gasteiger partial charge >= 0.3 is 0 Å². The van der Waals surface area contributed by atoms with E-state index in [1.165, 1.54) is 65.9 Å². The number of allylic oxidation sites excluding steroid dienone is 6. The van der Waals surface area contributed by atoms with E-state index in [9.17, 15) is 0 Å². The lowest BCUT2D eigenvalue weighted by atomic mass is 9.93. The second-order valence-electron chi connectivity index (χ2n) is 13.0. The maximum Gasteiger partial charge on any atom is 0.214 e. The Bertz CT molecular complexity index is 2090. The molecule has 2 aliphatic rings. The Hall–Kier alpha value is -3.88. The molecule has 0 saturated heterocycles. The molecule has 0 fully saturated rings. The molecular formula is C42H44ClN2+. The third kappa shape index (κ3) is 5.18. The summed E-state index contributed by atoms with van der Waals surface area (Å²) in [5, 5.41) is 8.88. The fourth-order valence-corrected chi connectivity index (χ4v) is 8.26. The minimum atomic E-state index is 0.420. The van der Waals surface area contributed by atoms with Crippen molar-refractivity contribution in [1.82, 2.24) is 4.57 Å². The smallest absolute Gasteiger partial charge is 0.214 e. The molecule has 45 heavy (non-hydrogen) atoms. The van der Waals surface area contributed by atoms with Gasteiger partial charge in [-0.25, -0.2) is 0 Å². The van der Waals surface area contributed by atoms with Crippen LogP contribution in [0.1, 0.15) is 84.2 Å². The van der Waals surface area contributed by atoms with Crippen molar-refractivity contribution in [3.63, 3.8) is 0 Å². The summed E-state index contributed by atoms with van der Waals surface area (Å²) in [7, 11) is 0. The SMILES string of the molecule is CCCC(C)n1/c(=C/C=C2\CCCC(/C=C/C3=[N+](C(C)CCC)c4cccc5cccc3c45)=C2Cl)c2cccc3cccc1c32. The molecule has 1 aliphatic heterocycles. The first kappa shape index (κ1) is 29.8.